The minimum absolute atomic E-state index is 0.446. The van der Waals surface area contributed by atoms with Crippen LogP contribution in [0, 0.1) is 0 Å². The van der Waals surface area contributed by atoms with Crippen molar-refractivity contribution in [2.45, 2.75) is 8.62 Å². The van der Waals surface area contributed by atoms with Gasteiger partial charge < -0.3 is 0 Å². The van der Waals surface area contributed by atoms with Crippen molar-refractivity contribution in [3.63, 3.8) is 0 Å². The number of hydrogen-bond acceptors (Lipinski definition) is 0. The van der Waals surface area contributed by atoms with E-state index in [1.54, 1.807) is 0 Å². The van der Waals surface area contributed by atoms with Gasteiger partial charge in [0.2, 0.25) is 0 Å². The molecule has 0 nitrogen and oxygen atoms in total. The predicted octanol–water partition coefficient (Wildman–Crippen LogP) is 8.16. The Kier molecular flexibility index (Phi) is 11.5. The fourth-order valence-electron chi connectivity index (χ4n) is 4.46. The fourth-order valence-corrected chi connectivity index (χ4v) is 9.83. The van der Waals surface area contributed by atoms with E-state index in [0.717, 1.165) is 0 Å². The number of alkyl halides is 4. The molecule has 0 radical (unpaired) electrons. The van der Waals surface area contributed by atoms with Gasteiger partial charge in [-0.2, -0.15) is 0 Å². The largest absolute Gasteiger partial charge is 0.0622 e. The second kappa shape index (κ2) is 15.7. The number of benzene rings is 6. The second-order valence-corrected chi connectivity index (χ2v) is 17.5. The zero-order valence-corrected chi connectivity index (χ0v) is 28.1. The van der Waals surface area contributed by atoms with Crippen LogP contribution in [0.25, 0.3) is 0 Å². The van der Waals surface area contributed by atoms with Crippen molar-refractivity contribution in [2.24, 2.45) is 0 Å². The molecule has 7 rings (SSSR count). The Morgan fingerprint density at radius 2 is 0.422 bits per heavy atom. The molecule has 230 valence electrons. The van der Waals surface area contributed by atoms with Gasteiger partial charge in [0.05, 0.1) is 0 Å². The molecule has 0 spiro atoms. The molecular formula is C38H30F4P2Pt. The summed E-state index contributed by atoms with van der Waals surface area (Å²) in [6.07, 6.45) is 0. The van der Waals surface area contributed by atoms with Crippen LogP contribution in [0.2, 0.25) is 0 Å². The van der Waals surface area contributed by atoms with E-state index in [1.807, 2.05) is 0 Å². The van der Waals surface area contributed by atoms with Crippen molar-refractivity contribution in [1.82, 2.24) is 0 Å². The van der Waals surface area contributed by atoms with Crippen LogP contribution in [-0.2, 0) is 18.6 Å². The summed E-state index contributed by atoms with van der Waals surface area (Å²) in [4.78, 5) is 0. The molecule has 45 heavy (non-hydrogen) atoms. The molecule has 1 aliphatic heterocycles. The van der Waals surface area contributed by atoms with Crippen LogP contribution >= 0.6 is 15.8 Å². The Morgan fingerprint density at radius 3 is 0.533 bits per heavy atom. The van der Waals surface area contributed by atoms with Crippen molar-refractivity contribution in [3.05, 3.63) is 182 Å². The summed E-state index contributed by atoms with van der Waals surface area (Å²) in [7, 11) is -0.892. The van der Waals surface area contributed by atoms with Crippen LogP contribution < -0.4 is 31.8 Å². The summed E-state index contributed by atoms with van der Waals surface area (Å²) in [5, 5.41) is 8.39. The van der Waals surface area contributed by atoms with Gasteiger partial charge in [0.25, 0.3) is 0 Å². The first-order valence-electron chi connectivity index (χ1n) is 14.1. The molecule has 0 amide bonds. The van der Waals surface area contributed by atoms with E-state index in [0.29, 0.717) is 0 Å². The summed E-state index contributed by atoms with van der Waals surface area (Å²) in [6, 6.07) is 64.7. The topological polar surface area (TPSA) is 0 Å². The smallest absolute Gasteiger partial charge is 0.0134 e. The average molecular weight is 820 g/mol. The zero-order valence-electron chi connectivity index (χ0n) is 24.0. The van der Waals surface area contributed by atoms with Gasteiger partial charge in [0.1, 0.15) is 0 Å². The molecule has 0 unspecified atom stereocenters. The molecule has 0 saturated carbocycles. The summed E-state index contributed by atoms with van der Waals surface area (Å²) in [6.45, 7) is 0. The zero-order chi connectivity index (χ0) is 31.5. The molecule has 7 heteroatoms. The van der Waals surface area contributed by atoms with E-state index in [4.69, 9.17) is 0 Å². The van der Waals surface area contributed by atoms with Crippen LogP contribution in [-0.4, -0.2) is 8.62 Å². The fraction of sp³-hybridized carbons (Fsp3) is 0.0526. The molecule has 1 fully saturated rings. The van der Waals surface area contributed by atoms with Gasteiger partial charge >= 0.3 is 44.7 Å². The van der Waals surface area contributed by atoms with Gasteiger partial charge in [0.15, 0.2) is 0 Å². The molecule has 0 N–H and O–H groups in total. The minimum atomic E-state index is -3.58. The molecule has 6 aromatic carbocycles. The maximum atomic E-state index is 11.2. The Morgan fingerprint density at radius 1 is 0.289 bits per heavy atom. The summed E-state index contributed by atoms with van der Waals surface area (Å²) < 4.78 is 37.7. The minimum Gasteiger partial charge on any atom is -0.0622 e. The third-order valence-corrected chi connectivity index (χ3v) is 13.7. The first kappa shape index (κ1) is 33.0. The van der Waals surface area contributed by atoms with Crippen LogP contribution in [0.1, 0.15) is 0 Å². The van der Waals surface area contributed by atoms with Gasteiger partial charge in [0, 0.05) is 0 Å². The van der Waals surface area contributed by atoms with E-state index in [1.165, 1.54) is 31.8 Å². The number of halogens is 4. The number of rotatable bonds is 6. The third kappa shape index (κ3) is 9.08. The average Bonchev–Trinajstić information content (AvgIpc) is 3.57. The van der Waals surface area contributed by atoms with E-state index in [9.17, 15) is 17.6 Å². The van der Waals surface area contributed by atoms with E-state index >= 15 is 0 Å². The van der Waals surface area contributed by atoms with Gasteiger partial charge in [-0.1, -0.05) is 182 Å². The molecule has 0 bridgehead atoms. The van der Waals surface area contributed by atoms with E-state index in [2.05, 4.69) is 182 Å². The van der Waals surface area contributed by atoms with Crippen molar-refractivity contribution >= 4 is 47.7 Å². The van der Waals surface area contributed by atoms with Crippen molar-refractivity contribution in [3.8, 4) is 0 Å². The third-order valence-electron chi connectivity index (χ3n) is 6.55. The molecule has 0 atom stereocenters. The molecular weight excluding hydrogens is 789 g/mol. The first-order valence-corrected chi connectivity index (χ1v) is 19.1. The van der Waals surface area contributed by atoms with Crippen LogP contribution in [0.4, 0.5) is 17.6 Å². The maximum Gasteiger partial charge on any atom is -0.0134 e. The van der Waals surface area contributed by atoms with Gasteiger partial charge in [-0.25, -0.2) is 0 Å². The van der Waals surface area contributed by atoms with Gasteiger partial charge in [-0.05, 0) is 47.7 Å². The monoisotopic (exact) mass is 819 g/mol. The maximum absolute atomic E-state index is 11.2. The standard InChI is InChI=1S/2C18H15P.C2F4.Pt/c2*1-4-10-16(11-5-1)19(17-12-6-2-7-13-17)18-14-8-3-9-15-18;3-1(4)2(5)6;/h2*1-15H;;. The Hall–Kier alpha value is -3.41. The van der Waals surface area contributed by atoms with Gasteiger partial charge in [-0.3, -0.25) is 0 Å². The Labute approximate surface area is 273 Å². The number of hydrogen-bond donors (Lipinski definition) is 0. The molecule has 1 aliphatic rings. The summed E-state index contributed by atoms with van der Waals surface area (Å²) in [5.74, 6) is 0. The quantitative estimate of drug-likeness (QED) is 0.118. The van der Waals surface area contributed by atoms with Crippen LogP contribution in [0.5, 0.6) is 0 Å². The Bertz CT molecular complexity index is 1390. The van der Waals surface area contributed by atoms with Crippen LogP contribution in [0.3, 0.4) is 0 Å². The first-order chi connectivity index (χ1) is 21.9. The molecule has 1 heterocycles. The molecule has 1 saturated heterocycles. The van der Waals surface area contributed by atoms with Crippen LogP contribution in [0.15, 0.2) is 182 Å². The predicted molar refractivity (Wildman–Crippen MR) is 180 cm³/mol. The van der Waals surface area contributed by atoms with E-state index in [-0.39, 0.29) is 0 Å². The molecule has 0 aliphatic carbocycles. The molecule has 6 aromatic rings. The molecule has 0 aromatic heterocycles. The second-order valence-electron chi connectivity index (χ2n) is 9.68. The summed E-state index contributed by atoms with van der Waals surface area (Å²) >= 11 is -2.13. The van der Waals surface area contributed by atoms with Crippen molar-refractivity contribution in [1.29, 1.82) is 0 Å². The normalized spacial score (nSPS) is 14.2. The van der Waals surface area contributed by atoms with Crippen molar-refractivity contribution in [2.75, 3.05) is 0 Å². The van der Waals surface area contributed by atoms with Gasteiger partial charge in [-0.15, -0.1) is 0 Å². The van der Waals surface area contributed by atoms with Crippen molar-refractivity contribution < 1.29 is 36.1 Å². The summed E-state index contributed by atoms with van der Waals surface area (Å²) in [5.41, 5.74) is 0. The SMILES string of the molecule is F[C]1(F)[Pt][C]1(F)F.c1ccc(P(c2ccccc2)c2ccccc2)cc1.c1ccc(P(c2ccccc2)c2ccccc2)cc1. The Balaban J connectivity index is 0.000000147. The van der Waals surface area contributed by atoms with E-state index < -0.39 is 43.0 Å².